The molecule has 3 rings (SSSR count). The summed E-state index contributed by atoms with van der Waals surface area (Å²) >= 11 is 3.04. The molecule has 7 heteroatoms. The molecule has 5 nitrogen and oxygen atoms in total. The molecule has 0 fully saturated rings. The highest BCUT2D eigenvalue weighted by Gasteiger charge is 2.12. The molecule has 0 bridgehead atoms. The quantitative estimate of drug-likeness (QED) is 0.804. The molecule has 3 aromatic rings. The summed E-state index contributed by atoms with van der Waals surface area (Å²) in [6, 6.07) is 5.69. The number of aryl methyl sites for hydroxylation is 1. The summed E-state index contributed by atoms with van der Waals surface area (Å²) in [6.07, 6.45) is 1.79. The maximum absolute atomic E-state index is 12.0. The first-order valence-electron chi connectivity index (χ1n) is 6.10. The molecular formula is C13H12N4OS2. The van der Waals surface area contributed by atoms with Crippen molar-refractivity contribution in [2.24, 2.45) is 0 Å². The van der Waals surface area contributed by atoms with Crippen molar-refractivity contribution in [2.45, 2.75) is 13.5 Å². The van der Waals surface area contributed by atoms with Gasteiger partial charge in [-0.2, -0.15) is 5.10 Å². The third kappa shape index (κ3) is 2.63. The highest BCUT2D eigenvalue weighted by molar-refractivity contribution is 7.16. The molecule has 0 aliphatic heterocycles. The third-order valence-corrected chi connectivity index (χ3v) is 4.35. The van der Waals surface area contributed by atoms with Gasteiger partial charge in [-0.25, -0.2) is 4.98 Å². The number of carbonyl (C=O) groups is 1. The van der Waals surface area contributed by atoms with Crippen LogP contribution in [-0.2, 0) is 6.54 Å². The van der Waals surface area contributed by atoms with Crippen molar-refractivity contribution < 1.29 is 4.79 Å². The number of hydrogen-bond acceptors (Lipinski definition) is 5. The van der Waals surface area contributed by atoms with Crippen molar-refractivity contribution in [1.29, 1.82) is 0 Å². The topological polar surface area (TPSA) is 59.8 Å². The van der Waals surface area contributed by atoms with E-state index in [-0.39, 0.29) is 5.91 Å². The van der Waals surface area contributed by atoms with Crippen LogP contribution in [0, 0.1) is 0 Å². The van der Waals surface area contributed by atoms with Gasteiger partial charge < -0.3 is 0 Å². The van der Waals surface area contributed by atoms with Crippen molar-refractivity contribution in [3.8, 4) is 10.6 Å². The summed E-state index contributed by atoms with van der Waals surface area (Å²) in [4.78, 5) is 17.5. The van der Waals surface area contributed by atoms with E-state index < -0.39 is 0 Å². The van der Waals surface area contributed by atoms with E-state index in [4.69, 9.17) is 0 Å². The first kappa shape index (κ1) is 13.0. The summed E-state index contributed by atoms with van der Waals surface area (Å²) in [5, 5.41) is 11.5. The molecular weight excluding hydrogens is 292 g/mol. The number of nitrogens with zero attached hydrogens (tertiary/aromatic N) is 3. The molecule has 0 aliphatic rings. The van der Waals surface area contributed by atoms with Crippen molar-refractivity contribution in [3.63, 3.8) is 0 Å². The van der Waals surface area contributed by atoms with Gasteiger partial charge in [-0.1, -0.05) is 6.07 Å². The Morgan fingerprint density at radius 3 is 3.00 bits per heavy atom. The Balaban J connectivity index is 1.73. The zero-order chi connectivity index (χ0) is 13.9. The molecule has 0 radical (unpaired) electrons. The van der Waals surface area contributed by atoms with Crippen molar-refractivity contribution in [1.82, 2.24) is 14.8 Å². The van der Waals surface area contributed by atoms with E-state index in [2.05, 4.69) is 15.4 Å². The summed E-state index contributed by atoms with van der Waals surface area (Å²) in [5.41, 5.74) is 1.29. The minimum Gasteiger partial charge on any atom is -0.296 e. The van der Waals surface area contributed by atoms with E-state index >= 15 is 0 Å². The fourth-order valence-electron chi connectivity index (χ4n) is 1.69. The van der Waals surface area contributed by atoms with E-state index in [1.807, 2.05) is 29.8 Å². The largest absolute Gasteiger partial charge is 0.296 e. The lowest BCUT2D eigenvalue weighted by molar-refractivity contribution is 0.102. The molecule has 0 atom stereocenters. The van der Waals surface area contributed by atoms with Gasteiger partial charge in [0.1, 0.15) is 0 Å². The highest BCUT2D eigenvalue weighted by Crippen LogP contribution is 2.28. The molecule has 102 valence electrons. The van der Waals surface area contributed by atoms with Gasteiger partial charge in [-0.05, 0) is 24.4 Å². The summed E-state index contributed by atoms with van der Waals surface area (Å²) in [5.74, 6) is -0.232. The van der Waals surface area contributed by atoms with E-state index in [0.29, 0.717) is 10.8 Å². The van der Waals surface area contributed by atoms with Crippen LogP contribution >= 0.6 is 22.7 Å². The Bertz CT molecular complexity index is 714. The number of nitrogens with one attached hydrogen (secondary N) is 1. The molecule has 0 aromatic carbocycles. The lowest BCUT2D eigenvalue weighted by Crippen LogP contribution is -2.13. The van der Waals surface area contributed by atoms with Gasteiger partial charge in [-0.15, -0.1) is 22.7 Å². The lowest BCUT2D eigenvalue weighted by atomic mass is 10.4. The van der Waals surface area contributed by atoms with E-state index in [1.165, 1.54) is 11.3 Å². The third-order valence-electron chi connectivity index (χ3n) is 2.70. The standard InChI is InChI=1S/C13H12N4OS2/c1-2-17-6-5-9(16-17)12(18)15-13-14-10(8-20-13)11-4-3-7-19-11/h3-8H,2H2,1H3,(H,14,15,18). The predicted octanol–water partition coefficient (Wildman–Crippen LogP) is 3.34. The van der Waals surface area contributed by atoms with Crippen LogP contribution in [0.1, 0.15) is 17.4 Å². The normalized spacial score (nSPS) is 10.7. The van der Waals surface area contributed by atoms with Crippen LogP contribution in [-0.4, -0.2) is 20.7 Å². The first-order valence-corrected chi connectivity index (χ1v) is 7.86. The van der Waals surface area contributed by atoms with Gasteiger partial charge in [-0.3, -0.25) is 14.8 Å². The van der Waals surface area contributed by atoms with Crippen molar-refractivity contribution in [3.05, 3.63) is 40.8 Å². The van der Waals surface area contributed by atoms with E-state index in [1.54, 1.807) is 28.3 Å². The van der Waals surface area contributed by atoms with Crippen LogP contribution in [0.3, 0.4) is 0 Å². The minimum atomic E-state index is -0.232. The number of aromatic nitrogens is 3. The number of hydrogen-bond donors (Lipinski definition) is 1. The van der Waals surface area contributed by atoms with Gasteiger partial charge in [0.2, 0.25) is 0 Å². The molecule has 3 aromatic heterocycles. The number of thiophene rings is 1. The Kier molecular flexibility index (Phi) is 3.62. The van der Waals surface area contributed by atoms with Gasteiger partial charge >= 0.3 is 0 Å². The van der Waals surface area contributed by atoms with Crippen LogP contribution in [0.25, 0.3) is 10.6 Å². The van der Waals surface area contributed by atoms with E-state index in [9.17, 15) is 4.79 Å². The van der Waals surface area contributed by atoms with Crippen molar-refractivity contribution in [2.75, 3.05) is 5.32 Å². The average Bonchev–Trinajstić information content (AvgIpc) is 3.19. The second-order valence-electron chi connectivity index (χ2n) is 4.03. The van der Waals surface area contributed by atoms with Crippen LogP contribution in [0.15, 0.2) is 35.2 Å². The predicted molar refractivity (Wildman–Crippen MR) is 81.3 cm³/mol. The summed E-state index contributed by atoms with van der Waals surface area (Å²) < 4.78 is 1.72. The molecule has 0 spiro atoms. The SMILES string of the molecule is CCn1ccc(C(=O)Nc2nc(-c3cccs3)cs2)n1. The van der Waals surface area contributed by atoms with Gasteiger partial charge in [0.05, 0.1) is 10.6 Å². The average molecular weight is 304 g/mol. The fraction of sp³-hybridized carbons (Fsp3) is 0.154. The number of thiazole rings is 1. The minimum absolute atomic E-state index is 0.232. The Labute approximate surface area is 123 Å². The monoisotopic (exact) mass is 304 g/mol. The van der Waals surface area contributed by atoms with Crippen molar-refractivity contribution >= 4 is 33.7 Å². The Morgan fingerprint density at radius 2 is 2.30 bits per heavy atom. The maximum Gasteiger partial charge on any atom is 0.277 e. The lowest BCUT2D eigenvalue weighted by Gasteiger charge is -1.97. The van der Waals surface area contributed by atoms with Gasteiger partial charge in [0.15, 0.2) is 10.8 Å². The molecule has 0 saturated carbocycles. The molecule has 0 aliphatic carbocycles. The van der Waals surface area contributed by atoms with Crippen LogP contribution in [0.5, 0.6) is 0 Å². The highest BCUT2D eigenvalue weighted by atomic mass is 32.1. The zero-order valence-corrected chi connectivity index (χ0v) is 12.4. The molecule has 3 heterocycles. The molecule has 0 unspecified atom stereocenters. The van der Waals surface area contributed by atoms with Gasteiger partial charge in [0.25, 0.3) is 5.91 Å². The number of rotatable bonds is 4. The number of amides is 1. The van der Waals surface area contributed by atoms with Crippen LogP contribution < -0.4 is 5.32 Å². The second-order valence-corrected chi connectivity index (χ2v) is 5.83. The summed E-state index contributed by atoms with van der Waals surface area (Å²) in [7, 11) is 0. The fourth-order valence-corrected chi connectivity index (χ4v) is 3.16. The van der Waals surface area contributed by atoms with E-state index in [0.717, 1.165) is 17.1 Å². The Hall–Kier alpha value is -1.99. The van der Waals surface area contributed by atoms with Crippen LogP contribution in [0.2, 0.25) is 0 Å². The maximum atomic E-state index is 12.0. The molecule has 0 saturated heterocycles. The second kappa shape index (κ2) is 5.56. The zero-order valence-electron chi connectivity index (χ0n) is 10.7. The first-order chi connectivity index (χ1) is 9.76. The van der Waals surface area contributed by atoms with Gasteiger partial charge in [0, 0.05) is 18.1 Å². The van der Waals surface area contributed by atoms with Crippen LogP contribution in [0.4, 0.5) is 5.13 Å². The number of anilines is 1. The molecule has 1 N–H and O–H groups in total. The molecule has 20 heavy (non-hydrogen) atoms. The Morgan fingerprint density at radius 1 is 1.40 bits per heavy atom. The smallest absolute Gasteiger partial charge is 0.277 e. The summed E-state index contributed by atoms with van der Waals surface area (Å²) in [6.45, 7) is 2.72. The number of carbonyl (C=O) groups excluding carboxylic acids is 1. The molecule has 1 amide bonds.